The highest BCUT2D eigenvalue weighted by molar-refractivity contribution is 5.94. The molecular weight excluding hydrogens is 250 g/mol. The molecule has 4 heteroatoms. The minimum absolute atomic E-state index is 0.0786. The minimum Gasteiger partial charge on any atom is -0.349 e. The monoisotopic (exact) mass is 271 g/mol. The first kappa shape index (κ1) is 14.5. The molecule has 1 aliphatic rings. The van der Waals surface area contributed by atoms with Crippen LogP contribution >= 0.6 is 0 Å². The Hall–Kier alpha value is -1.86. The number of rotatable bonds is 3. The van der Waals surface area contributed by atoms with Gasteiger partial charge >= 0.3 is 0 Å². The fourth-order valence-corrected chi connectivity index (χ4v) is 2.56. The van der Waals surface area contributed by atoms with Crippen molar-refractivity contribution in [3.05, 3.63) is 35.4 Å². The fourth-order valence-electron chi connectivity index (χ4n) is 2.56. The van der Waals surface area contributed by atoms with Crippen molar-refractivity contribution >= 4 is 5.91 Å². The number of nitrogens with zero attached hydrogens (tertiary/aromatic N) is 2. The van der Waals surface area contributed by atoms with Crippen LogP contribution in [0.5, 0.6) is 0 Å². The third kappa shape index (κ3) is 3.58. The number of hydrogen-bond donors (Lipinski definition) is 1. The summed E-state index contributed by atoms with van der Waals surface area (Å²) in [5, 5.41) is 11.9. The van der Waals surface area contributed by atoms with Gasteiger partial charge in [0.25, 0.3) is 5.91 Å². The summed E-state index contributed by atoms with van der Waals surface area (Å²) in [5.41, 5.74) is 1.09. The predicted octanol–water partition coefficient (Wildman–Crippen LogP) is 2.16. The van der Waals surface area contributed by atoms with Gasteiger partial charge in [-0.2, -0.15) is 5.26 Å². The first-order chi connectivity index (χ1) is 9.60. The van der Waals surface area contributed by atoms with Crippen LogP contribution in [0.15, 0.2) is 24.3 Å². The van der Waals surface area contributed by atoms with E-state index in [-0.39, 0.29) is 11.9 Å². The van der Waals surface area contributed by atoms with Crippen LogP contribution in [0.2, 0.25) is 0 Å². The number of piperidine rings is 1. The van der Waals surface area contributed by atoms with E-state index in [1.807, 2.05) is 0 Å². The zero-order valence-corrected chi connectivity index (χ0v) is 12.1. The summed E-state index contributed by atoms with van der Waals surface area (Å²) in [5.74, 6) is -0.0786. The number of benzene rings is 1. The Morgan fingerprint density at radius 3 is 2.70 bits per heavy atom. The highest BCUT2D eigenvalue weighted by atomic mass is 16.1. The molecule has 0 bridgehead atoms. The Morgan fingerprint density at radius 1 is 1.40 bits per heavy atom. The molecule has 1 fully saturated rings. The third-order valence-corrected chi connectivity index (χ3v) is 3.85. The number of nitriles is 1. The van der Waals surface area contributed by atoms with Crippen molar-refractivity contribution < 1.29 is 4.79 Å². The Labute approximate surface area is 120 Å². The summed E-state index contributed by atoms with van der Waals surface area (Å²) in [6.07, 6.45) is 1.98. The van der Waals surface area contributed by atoms with E-state index in [4.69, 9.17) is 5.26 Å². The molecule has 1 aliphatic heterocycles. The molecule has 2 rings (SSSR count). The van der Waals surface area contributed by atoms with Crippen molar-refractivity contribution in [2.24, 2.45) is 0 Å². The molecule has 1 aromatic rings. The van der Waals surface area contributed by atoms with Crippen molar-refractivity contribution in [3.63, 3.8) is 0 Å². The molecule has 0 unspecified atom stereocenters. The Kier molecular flexibility index (Phi) is 4.75. The van der Waals surface area contributed by atoms with Crippen molar-refractivity contribution in [2.45, 2.75) is 38.8 Å². The van der Waals surface area contributed by atoms with E-state index < -0.39 is 0 Å². The van der Waals surface area contributed by atoms with Gasteiger partial charge in [0.1, 0.15) is 0 Å². The van der Waals surface area contributed by atoms with Crippen LogP contribution in [0, 0.1) is 11.3 Å². The van der Waals surface area contributed by atoms with Gasteiger partial charge in [-0.15, -0.1) is 0 Å². The molecule has 20 heavy (non-hydrogen) atoms. The average molecular weight is 271 g/mol. The van der Waals surface area contributed by atoms with Crippen LogP contribution in [0.4, 0.5) is 0 Å². The molecule has 4 nitrogen and oxygen atoms in total. The standard InChI is InChI=1S/C16H21N3O/c1-12(2)19-8-6-15(7-9-19)18-16(20)14-5-3-4-13(10-14)11-17/h3-5,10,12,15H,6-9H2,1-2H3,(H,18,20). The lowest BCUT2D eigenvalue weighted by Gasteiger charge is -2.34. The van der Waals surface area contributed by atoms with E-state index in [1.54, 1.807) is 24.3 Å². The van der Waals surface area contributed by atoms with Gasteiger partial charge in [-0.25, -0.2) is 0 Å². The van der Waals surface area contributed by atoms with Crippen molar-refractivity contribution in [2.75, 3.05) is 13.1 Å². The number of amides is 1. The SMILES string of the molecule is CC(C)N1CCC(NC(=O)c2cccc(C#N)c2)CC1. The normalized spacial score (nSPS) is 16.9. The predicted molar refractivity (Wildman–Crippen MR) is 78.4 cm³/mol. The van der Waals surface area contributed by atoms with E-state index in [2.05, 4.69) is 30.1 Å². The summed E-state index contributed by atoms with van der Waals surface area (Å²) in [4.78, 5) is 14.6. The summed E-state index contributed by atoms with van der Waals surface area (Å²) in [6, 6.07) is 9.70. The largest absolute Gasteiger partial charge is 0.349 e. The number of hydrogen-bond acceptors (Lipinski definition) is 3. The maximum absolute atomic E-state index is 12.2. The number of likely N-dealkylation sites (tertiary alicyclic amines) is 1. The fraction of sp³-hybridized carbons (Fsp3) is 0.500. The van der Waals surface area contributed by atoms with Crippen molar-refractivity contribution in [3.8, 4) is 6.07 Å². The quantitative estimate of drug-likeness (QED) is 0.916. The van der Waals surface area contributed by atoms with Crippen LogP contribution in [0.3, 0.4) is 0 Å². The van der Waals surface area contributed by atoms with Gasteiger partial charge in [-0.05, 0) is 44.9 Å². The Bertz CT molecular complexity index is 511. The second-order valence-electron chi connectivity index (χ2n) is 5.57. The number of carbonyl (C=O) groups excluding carboxylic acids is 1. The average Bonchev–Trinajstić information content (AvgIpc) is 2.47. The van der Waals surface area contributed by atoms with Crippen LogP contribution in [0.1, 0.15) is 42.6 Å². The van der Waals surface area contributed by atoms with E-state index in [0.29, 0.717) is 17.2 Å². The van der Waals surface area contributed by atoms with Gasteiger partial charge in [0, 0.05) is 30.7 Å². The second kappa shape index (κ2) is 6.53. The highest BCUT2D eigenvalue weighted by Crippen LogP contribution is 2.14. The lowest BCUT2D eigenvalue weighted by atomic mass is 10.0. The van der Waals surface area contributed by atoms with Crippen LogP contribution in [0.25, 0.3) is 0 Å². The highest BCUT2D eigenvalue weighted by Gasteiger charge is 2.22. The molecule has 0 aromatic heterocycles. The molecule has 1 heterocycles. The Balaban J connectivity index is 1.91. The van der Waals surface area contributed by atoms with E-state index in [9.17, 15) is 4.79 Å². The van der Waals surface area contributed by atoms with Gasteiger partial charge in [-0.3, -0.25) is 4.79 Å². The maximum atomic E-state index is 12.2. The van der Waals surface area contributed by atoms with Gasteiger partial charge in [0.2, 0.25) is 0 Å². The molecule has 0 radical (unpaired) electrons. The van der Waals surface area contributed by atoms with E-state index in [1.165, 1.54) is 0 Å². The minimum atomic E-state index is -0.0786. The van der Waals surface area contributed by atoms with Crippen molar-refractivity contribution in [1.29, 1.82) is 5.26 Å². The zero-order valence-electron chi connectivity index (χ0n) is 12.1. The van der Waals surface area contributed by atoms with Crippen LogP contribution in [-0.2, 0) is 0 Å². The van der Waals surface area contributed by atoms with Gasteiger partial charge in [-0.1, -0.05) is 6.07 Å². The number of carbonyl (C=O) groups is 1. The number of nitrogens with one attached hydrogen (secondary N) is 1. The van der Waals surface area contributed by atoms with E-state index in [0.717, 1.165) is 25.9 Å². The molecule has 0 atom stereocenters. The summed E-state index contributed by atoms with van der Waals surface area (Å²) >= 11 is 0. The molecule has 1 saturated heterocycles. The molecule has 0 aliphatic carbocycles. The maximum Gasteiger partial charge on any atom is 0.251 e. The molecule has 1 aromatic carbocycles. The first-order valence-electron chi connectivity index (χ1n) is 7.15. The molecule has 1 N–H and O–H groups in total. The van der Waals surface area contributed by atoms with E-state index >= 15 is 0 Å². The smallest absolute Gasteiger partial charge is 0.251 e. The molecule has 0 spiro atoms. The summed E-state index contributed by atoms with van der Waals surface area (Å²) < 4.78 is 0. The topological polar surface area (TPSA) is 56.1 Å². The molecule has 0 saturated carbocycles. The third-order valence-electron chi connectivity index (χ3n) is 3.85. The van der Waals surface area contributed by atoms with Gasteiger partial charge in [0.05, 0.1) is 11.6 Å². The van der Waals surface area contributed by atoms with Gasteiger partial charge in [0.15, 0.2) is 0 Å². The zero-order chi connectivity index (χ0) is 14.5. The molecule has 106 valence electrons. The molecular formula is C16H21N3O. The lowest BCUT2D eigenvalue weighted by molar-refractivity contribution is 0.0900. The first-order valence-corrected chi connectivity index (χ1v) is 7.15. The summed E-state index contributed by atoms with van der Waals surface area (Å²) in [6.45, 7) is 6.46. The second-order valence-corrected chi connectivity index (χ2v) is 5.57. The van der Waals surface area contributed by atoms with Crippen LogP contribution < -0.4 is 5.32 Å². The summed E-state index contributed by atoms with van der Waals surface area (Å²) in [7, 11) is 0. The van der Waals surface area contributed by atoms with Gasteiger partial charge < -0.3 is 10.2 Å². The van der Waals surface area contributed by atoms with Crippen molar-refractivity contribution in [1.82, 2.24) is 10.2 Å². The van der Waals surface area contributed by atoms with Crippen LogP contribution in [-0.4, -0.2) is 36.0 Å². The lowest BCUT2D eigenvalue weighted by Crippen LogP contribution is -2.46. The Morgan fingerprint density at radius 2 is 2.10 bits per heavy atom. The molecule has 1 amide bonds.